The van der Waals surface area contributed by atoms with E-state index in [1.807, 2.05) is 0 Å². The fraction of sp³-hybridized carbons (Fsp3) is 0.778. The predicted molar refractivity (Wildman–Crippen MR) is 57.6 cm³/mol. The molecule has 0 radical (unpaired) electrons. The SMILES string of the molecule is CCOC(=O)CS[C@H](C)C(=O)NCC(F)(F)F. The molecule has 100 valence electrons. The van der Waals surface area contributed by atoms with E-state index in [1.165, 1.54) is 6.92 Å². The van der Waals surface area contributed by atoms with E-state index >= 15 is 0 Å². The fourth-order valence-corrected chi connectivity index (χ4v) is 1.51. The van der Waals surface area contributed by atoms with Crippen molar-refractivity contribution in [2.24, 2.45) is 0 Å². The number of hydrogen-bond donors (Lipinski definition) is 1. The van der Waals surface area contributed by atoms with Gasteiger partial charge in [-0.2, -0.15) is 13.2 Å². The molecule has 0 aromatic rings. The highest BCUT2D eigenvalue weighted by Crippen LogP contribution is 2.14. The summed E-state index contributed by atoms with van der Waals surface area (Å²) >= 11 is 0.929. The van der Waals surface area contributed by atoms with Gasteiger partial charge in [-0.25, -0.2) is 0 Å². The summed E-state index contributed by atoms with van der Waals surface area (Å²) in [6.45, 7) is 1.93. The quantitative estimate of drug-likeness (QED) is 0.742. The summed E-state index contributed by atoms with van der Waals surface area (Å²) in [5.41, 5.74) is 0. The molecular weight excluding hydrogens is 259 g/mol. The summed E-state index contributed by atoms with van der Waals surface area (Å²) < 4.78 is 40.0. The van der Waals surface area contributed by atoms with Gasteiger partial charge < -0.3 is 10.1 Å². The van der Waals surface area contributed by atoms with E-state index in [9.17, 15) is 22.8 Å². The van der Waals surface area contributed by atoms with E-state index in [2.05, 4.69) is 4.74 Å². The smallest absolute Gasteiger partial charge is 0.405 e. The van der Waals surface area contributed by atoms with Crippen LogP contribution in [0.5, 0.6) is 0 Å². The van der Waals surface area contributed by atoms with Crippen molar-refractivity contribution in [1.29, 1.82) is 0 Å². The standard InChI is InChI=1S/C9H14F3NO3S/c1-3-16-7(14)4-17-6(2)8(15)13-5-9(10,11)12/h6H,3-5H2,1-2H3,(H,13,15)/t6-/m1/s1. The third kappa shape index (κ3) is 8.84. The lowest BCUT2D eigenvalue weighted by Crippen LogP contribution is -2.38. The van der Waals surface area contributed by atoms with E-state index in [0.29, 0.717) is 0 Å². The Hall–Kier alpha value is -0.920. The molecule has 0 fully saturated rings. The first-order valence-corrected chi connectivity index (χ1v) is 5.92. The van der Waals surface area contributed by atoms with Crippen LogP contribution in [0.25, 0.3) is 0 Å². The van der Waals surface area contributed by atoms with E-state index in [-0.39, 0.29) is 12.4 Å². The van der Waals surface area contributed by atoms with Gasteiger partial charge in [-0.05, 0) is 13.8 Å². The fourth-order valence-electron chi connectivity index (χ4n) is 0.802. The molecule has 0 aromatic heterocycles. The molecular formula is C9H14F3NO3S. The van der Waals surface area contributed by atoms with Crippen molar-refractivity contribution in [1.82, 2.24) is 5.32 Å². The lowest BCUT2D eigenvalue weighted by Gasteiger charge is -2.12. The van der Waals surface area contributed by atoms with Crippen molar-refractivity contribution in [2.45, 2.75) is 25.3 Å². The normalized spacial score (nSPS) is 13.0. The summed E-state index contributed by atoms with van der Waals surface area (Å²) in [4.78, 5) is 22.1. The van der Waals surface area contributed by atoms with Crippen molar-refractivity contribution >= 4 is 23.6 Å². The highest BCUT2D eigenvalue weighted by Gasteiger charge is 2.28. The molecule has 0 spiro atoms. The van der Waals surface area contributed by atoms with E-state index in [0.717, 1.165) is 11.8 Å². The third-order valence-electron chi connectivity index (χ3n) is 1.59. The summed E-state index contributed by atoms with van der Waals surface area (Å²) in [6.07, 6.45) is -4.43. The summed E-state index contributed by atoms with van der Waals surface area (Å²) in [7, 11) is 0. The van der Waals surface area contributed by atoms with Crippen LogP contribution in [0.15, 0.2) is 0 Å². The van der Waals surface area contributed by atoms with Crippen LogP contribution >= 0.6 is 11.8 Å². The maximum Gasteiger partial charge on any atom is 0.405 e. The maximum atomic E-state index is 11.8. The maximum absolute atomic E-state index is 11.8. The molecule has 8 heteroatoms. The van der Waals surface area contributed by atoms with Gasteiger partial charge in [0.2, 0.25) is 5.91 Å². The average Bonchev–Trinajstić information content (AvgIpc) is 2.22. The van der Waals surface area contributed by atoms with Crippen LogP contribution in [0.1, 0.15) is 13.8 Å². The van der Waals surface area contributed by atoms with Crippen LogP contribution in [0.4, 0.5) is 13.2 Å². The van der Waals surface area contributed by atoms with Gasteiger partial charge in [0.25, 0.3) is 0 Å². The molecule has 0 aliphatic rings. The minimum atomic E-state index is -4.43. The summed E-state index contributed by atoms with van der Waals surface area (Å²) in [5, 5.41) is 1.01. The first kappa shape index (κ1) is 16.1. The number of amides is 1. The van der Waals surface area contributed by atoms with Gasteiger partial charge in [0.1, 0.15) is 6.54 Å². The van der Waals surface area contributed by atoms with Crippen molar-refractivity contribution in [3.8, 4) is 0 Å². The Balaban J connectivity index is 3.86. The van der Waals surface area contributed by atoms with Crippen LogP contribution in [-0.4, -0.2) is 42.2 Å². The molecule has 0 saturated carbocycles. The molecule has 0 aromatic carbocycles. The van der Waals surface area contributed by atoms with E-state index in [1.54, 1.807) is 12.2 Å². The minimum absolute atomic E-state index is 0.0611. The number of halogens is 3. The van der Waals surface area contributed by atoms with Crippen molar-refractivity contribution in [3.63, 3.8) is 0 Å². The zero-order chi connectivity index (χ0) is 13.5. The number of hydrogen-bond acceptors (Lipinski definition) is 4. The number of rotatable bonds is 6. The molecule has 4 nitrogen and oxygen atoms in total. The van der Waals surface area contributed by atoms with E-state index in [4.69, 9.17) is 0 Å². The lowest BCUT2D eigenvalue weighted by atomic mass is 10.4. The molecule has 0 saturated heterocycles. The van der Waals surface area contributed by atoms with Gasteiger partial charge in [0.05, 0.1) is 17.6 Å². The topological polar surface area (TPSA) is 55.4 Å². The van der Waals surface area contributed by atoms with Gasteiger partial charge in [-0.15, -0.1) is 11.8 Å². The Bertz CT molecular complexity index is 271. The van der Waals surface area contributed by atoms with Gasteiger partial charge >= 0.3 is 12.1 Å². The van der Waals surface area contributed by atoms with Crippen molar-refractivity contribution < 1.29 is 27.5 Å². The Morgan fingerprint density at radius 2 is 2.00 bits per heavy atom. The Morgan fingerprint density at radius 1 is 1.41 bits per heavy atom. The Labute approximate surface area is 101 Å². The second-order valence-electron chi connectivity index (χ2n) is 3.09. The minimum Gasteiger partial charge on any atom is -0.465 e. The van der Waals surface area contributed by atoms with Gasteiger partial charge in [-0.1, -0.05) is 0 Å². The van der Waals surface area contributed by atoms with Crippen LogP contribution < -0.4 is 5.32 Å². The lowest BCUT2D eigenvalue weighted by molar-refractivity contribution is -0.140. The first-order valence-electron chi connectivity index (χ1n) is 4.88. The van der Waals surface area contributed by atoms with Gasteiger partial charge in [0, 0.05) is 0 Å². The van der Waals surface area contributed by atoms with Crippen LogP contribution in [-0.2, 0) is 14.3 Å². The Kier molecular flexibility index (Phi) is 7.01. The molecule has 0 unspecified atom stereocenters. The van der Waals surface area contributed by atoms with Crippen molar-refractivity contribution in [2.75, 3.05) is 18.9 Å². The van der Waals surface area contributed by atoms with Gasteiger partial charge in [-0.3, -0.25) is 9.59 Å². The number of esters is 1. The van der Waals surface area contributed by atoms with E-state index < -0.39 is 29.8 Å². The second kappa shape index (κ2) is 7.41. The molecule has 0 heterocycles. The average molecular weight is 273 g/mol. The largest absolute Gasteiger partial charge is 0.465 e. The molecule has 1 N–H and O–H groups in total. The number of nitrogens with one attached hydrogen (secondary N) is 1. The predicted octanol–water partition coefficient (Wildman–Crippen LogP) is 1.35. The first-order chi connectivity index (χ1) is 7.76. The zero-order valence-electron chi connectivity index (χ0n) is 9.47. The summed E-state index contributed by atoms with van der Waals surface area (Å²) in [6, 6.07) is 0. The number of ether oxygens (including phenoxy) is 1. The van der Waals surface area contributed by atoms with Crippen LogP contribution in [0.2, 0.25) is 0 Å². The molecule has 0 aliphatic carbocycles. The molecule has 1 amide bonds. The molecule has 1 atom stereocenters. The van der Waals surface area contributed by atoms with Crippen LogP contribution in [0, 0.1) is 0 Å². The monoisotopic (exact) mass is 273 g/mol. The molecule has 0 bridgehead atoms. The number of carbonyl (C=O) groups is 2. The molecule has 17 heavy (non-hydrogen) atoms. The zero-order valence-corrected chi connectivity index (χ0v) is 10.3. The van der Waals surface area contributed by atoms with Gasteiger partial charge in [0.15, 0.2) is 0 Å². The Morgan fingerprint density at radius 3 is 2.47 bits per heavy atom. The molecule has 0 rings (SSSR count). The highest BCUT2D eigenvalue weighted by atomic mass is 32.2. The second-order valence-corrected chi connectivity index (χ2v) is 4.42. The van der Waals surface area contributed by atoms with Crippen LogP contribution in [0.3, 0.4) is 0 Å². The highest BCUT2D eigenvalue weighted by molar-refractivity contribution is 8.01. The number of thioether (sulfide) groups is 1. The molecule has 0 aliphatic heterocycles. The summed E-state index contributed by atoms with van der Waals surface area (Å²) in [5.74, 6) is -1.31. The number of carbonyl (C=O) groups excluding carboxylic acids is 2. The van der Waals surface area contributed by atoms with Crippen molar-refractivity contribution in [3.05, 3.63) is 0 Å². The number of alkyl halides is 3. The third-order valence-corrected chi connectivity index (χ3v) is 2.71.